The van der Waals surface area contributed by atoms with Crippen LogP contribution in [0.1, 0.15) is 59.6 Å². The molecule has 2 heterocycles. The summed E-state index contributed by atoms with van der Waals surface area (Å²) >= 11 is 1.48. The monoisotopic (exact) mass is 397 g/mol. The number of thioether (sulfide) groups is 1. The lowest BCUT2D eigenvalue weighted by Gasteiger charge is -2.46. The Morgan fingerprint density at radius 1 is 1.25 bits per heavy atom. The predicted octanol–water partition coefficient (Wildman–Crippen LogP) is 5.41. The number of fused-ring (bicyclic) bond motifs is 1. The Kier molecular flexibility index (Phi) is 5.76. The molecule has 1 aromatic carbocycles. The Balaban J connectivity index is 2.01. The van der Waals surface area contributed by atoms with E-state index in [2.05, 4.69) is 68.8 Å². The van der Waals surface area contributed by atoms with Crippen LogP contribution in [0.5, 0.6) is 0 Å². The molecule has 1 aromatic rings. The van der Waals surface area contributed by atoms with Crippen molar-refractivity contribution in [2.24, 2.45) is 4.99 Å². The highest BCUT2D eigenvalue weighted by Crippen LogP contribution is 2.41. The van der Waals surface area contributed by atoms with Crippen molar-refractivity contribution in [3.8, 4) is 0 Å². The molecule has 0 unspecified atom stereocenters. The van der Waals surface area contributed by atoms with E-state index in [9.17, 15) is 4.79 Å². The van der Waals surface area contributed by atoms with Gasteiger partial charge in [-0.15, -0.1) is 0 Å². The number of allylic oxidation sites excluding steroid dienone is 1. The summed E-state index contributed by atoms with van der Waals surface area (Å²) in [7, 11) is 0. The van der Waals surface area contributed by atoms with Crippen molar-refractivity contribution >= 4 is 40.2 Å². The first kappa shape index (κ1) is 20.7. The van der Waals surface area contributed by atoms with Gasteiger partial charge in [0.25, 0.3) is 5.91 Å². The SMILES string of the molecule is CCN=C1S/C(=C\c2ccc3c(c2)C(C)=CC(C)(C)N3C(C)C)C(=O)N1CC. The molecule has 28 heavy (non-hydrogen) atoms. The van der Waals surface area contributed by atoms with Crippen molar-refractivity contribution in [1.29, 1.82) is 0 Å². The number of anilines is 1. The van der Waals surface area contributed by atoms with Gasteiger partial charge in [-0.1, -0.05) is 12.1 Å². The fraction of sp³-hybridized carbons (Fsp3) is 0.478. The second kappa shape index (κ2) is 7.78. The summed E-state index contributed by atoms with van der Waals surface area (Å²) < 4.78 is 0. The summed E-state index contributed by atoms with van der Waals surface area (Å²) in [5.74, 6) is 0.0506. The number of hydrogen-bond acceptors (Lipinski definition) is 4. The molecule has 0 saturated carbocycles. The number of hydrogen-bond donors (Lipinski definition) is 0. The van der Waals surface area contributed by atoms with E-state index in [1.54, 1.807) is 4.90 Å². The van der Waals surface area contributed by atoms with Crippen LogP contribution in [0.2, 0.25) is 0 Å². The highest BCUT2D eigenvalue weighted by atomic mass is 32.2. The fourth-order valence-electron chi connectivity index (χ4n) is 4.29. The van der Waals surface area contributed by atoms with Gasteiger partial charge in [0.05, 0.1) is 10.4 Å². The molecule has 4 nitrogen and oxygen atoms in total. The maximum Gasteiger partial charge on any atom is 0.266 e. The number of amidine groups is 1. The third-order valence-electron chi connectivity index (χ3n) is 5.21. The van der Waals surface area contributed by atoms with E-state index >= 15 is 0 Å². The summed E-state index contributed by atoms with van der Waals surface area (Å²) in [5, 5.41) is 0.808. The summed E-state index contributed by atoms with van der Waals surface area (Å²) in [4.78, 5) is 22.2. The molecule has 1 fully saturated rings. The van der Waals surface area contributed by atoms with Gasteiger partial charge >= 0.3 is 0 Å². The van der Waals surface area contributed by atoms with Crippen LogP contribution in [0.4, 0.5) is 5.69 Å². The quantitative estimate of drug-likeness (QED) is 0.637. The molecule has 3 rings (SSSR count). The summed E-state index contributed by atoms with van der Waals surface area (Å²) in [6.07, 6.45) is 4.34. The molecular weight excluding hydrogens is 366 g/mol. The minimum atomic E-state index is -0.0182. The summed E-state index contributed by atoms with van der Waals surface area (Å²) in [6.45, 7) is 16.5. The molecule has 0 spiro atoms. The van der Waals surface area contributed by atoms with Gasteiger partial charge in [-0.3, -0.25) is 14.7 Å². The van der Waals surface area contributed by atoms with Gasteiger partial charge in [-0.05, 0) is 89.6 Å². The van der Waals surface area contributed by atoms with Crippen LogP contribution in [0.25, 0.3) is 11.6 Å². The summed E-state index contributed by atoms with van der Waals surface area (Å²) in [6, 6.07) is 6.93. The van der Waals surface area contributed by atoms with Crippen LogP contribution in [-0.2, 0) is 4.79 Å². The van der Waals surface area contributed by atoms with Gasteiger partial charge in [0.1, 0.15) is 0 Å². The lowest BCUT2D eigenvalue weighted by molar-refractivity contribution is -0.122. The molecule has 1 saturated heterocycles. The van der Waals surface area contributed by atoms with Crippen LogP contribution in [0, 0.1) is 0 Å². The van der Waals surface area contributed by atoms with Crippen LogP contribution in [0.3, 0.4) is 0 Å². The number of carbonyl (C=O) groups is 1. The molecule has 2 aliphatic heterocycles. The third-order valence-corrected chi connectivity index (χ3v) is 6.25. The van der Waals surface area contributed by atoms with Gasteiger partial charge in [-0.25, -0.2) is 0 Å². The molecule has 5 heteroatoms. The van der Waals surface area contributed by atoms with E-state index in [4.69, 9.17) is 0 Å². The summed E-state index contributed by atoms with van der Waals surface area (Å²) in [5.41, 5.74) is 4.82. The second-order valence-corrected chi connectivity index (χ2v) is 9.15. The Bertz CT molecular complexity index is 880. The molecular formula is C23H31N3OS. The van der Waals surface area contributed by atoms with E-state index in [1.807, 2.05) is 19.9 Å². The Labute approximate surface area is 173 Å². The van der Waals surface area contributed by atoms with Gasteiger partial charge in [0.15, 0.2) is 5.17 Å². The Morgan fingerprint density at radius 2 is 1.96 bits per heavy atom. The zero-order chi connectivity index (χ0) is 20.6. The maximum atomic E-state index is 12.7. The highest BCUT2D eigenvalue weighted by molar-refractivity contribution is 8.18. The molecule has 1 amide bonds. The number of benzene rings is 1. The molecule has 0 atom stereocenters. The van der Waals surface area contributed by atoms with Gasteiger partial charge in [0, 0.05) is 30.4 Å². The molecule has 0 aromatic heterocycles. The first-order valence-corrected chi connectivity index (χ1v) is 10.9. The number of amides is 1. The van der Waals surface area contributed by atoms with Crippen LogP contribution >= 0.6 is 11.8 Å². The van der Waals surface area contributed by atoms with E-state index < -0.39 is 0 Å². The van der Waals surface area contributed by atoms with E-state index in [0.717, 1.165) is 15.6 Å². The number of carbonyl (C=O) groups excluding carboxylic acids is 1. The number of nitrogens with zero attached hydrogens (tertiary/aromatic N) is 3. The minimum absolute atomic E-state index is 0.0182. The average Bonchev–Trinajstić information content (AvgIpc) is 2.89. The van der Waals surface area contributed by atoms with Crippen molar-refractivity contribution in [2.75, 3.05) is 18.0 Å². The number of likely N-dealkylation sites (N-methyl/N-ethyl adjacent to an activating group) is 1. The lowest BCUT2D eigenvalue weighted by Crippen LogP contribution is -2.49. The van der Waals surface area contributed by atoms with Gasteiger partial charge in [0.2, 0.25) is 0 Å². The van der Waals surface area contributed by atoms with Gasteiger partial charge < -0.3 is 4.90 Å². The standard InChI is InChI=1S/C23H31N3OS/c1-8-24-22-25(9-2)21(27)20(28-22)13-17-10-11-19-18(12-17)16(5)14-23(6,7)26(19)15(3)4/h10-15H,8-9H2,1-7H3/b20-13-,24-22?. The zero-order valence-corrected chi connectivity index (χ0v) is 18.9. The lowest BCUT2D eigenvalue weighted by atomic mass is 9.87. The topological polar surface area (TPSA) is 35.9 Å². The van der Waals surface area contributed by atoms with E-state index in [1.165, 1.54) is 28.6 Å². The number of aliphatic imine (C=N–C) groups is 1. The average molecular weight is 398 g/mol. The van der Waals surface area contributed by atoms with E-state index in [-0.39, 0.29) is 11.4 Å². The Morgan fingerprint density at radius 3 is 2.57 bits per heavy atom. The predicted molar refractivity (Wildman–Crippen MR) is 123 cm³/mol. The zero-order valence-electron chi connectivity index (χ0n) is 18.0. The highest BCUT2D eigenvalue weighted by Gasteiger charge is 2.34. The number of rotatable bonds is 4. The van der Waals surface area contributed by atoms with Crippen LogP contribution in [0.15, 0.2) is 34.2 Å². The van der Waals surface area contributed by atoms with Crippen molar-refractivity contribution in [3.63, 3.8) is 0 Å². The van der Waals surface area contributed by atoms with Crippen molar-refractivity contribution < 1.29 is 4.79 Å². The van der Waals surface area contributed by atoms with Crippen molar-refractivity contribution in [2.45, 2.75) is 60.0 Å². The fourth-order valence-corrected chi connectivity index (χ4v) is 5.40. The minimum Gasteiger partial charge on any atom is -0.360 e. The molecule has 150 valence electrons. The van der Waals surface area contributed by atoms with Crippen molar-refractivity contribution in [3.05, 3.63) is 40.3 Å². The molecule has 0 aliphatic carbocycles. The van der Waals surface area contributed by atoms with Crippen LogP contribution in [-0.4, -0.2) is 40.6 Å². The smallest absolute Gasteiger partial charge is 0.266 e. The van der Waals surface area contributed by atoms with Crippen molar-refractivity contribution in [1.82, 2.24) is 4.90 Å². The van der Waals surface area contributed by atoms with Crippen LogP contribution < -0.4 is 4.90 Å². The van der Waals surface area contributed by atoms with E-state index in [0.29, 0.717) is 19.1 Å². The first-order chi connectivity index (χ1) is 13.2. The normalized spacial score (nSPS) is 21.7. The second-order valence-electron chi connectivity index (χ2n) is 8.14. The largest absolute Gasteiger partial charge is 0.360 e. The third kappa shape index (κ3) is 3.64. The molecule has 2 aliphatic rings. The van der Waals surface area contributed by atoms with Gasteiger partial charge in [-0.2, -0.15) is 0 Å². The maximum absolute atomic E-state index is 12.7. The first-order valence-electron chi connectivity index (χ1n) is 10.1. The Hall–Kier alpha value is -2.01. The molecule has 0 N–H and O–H groups in total. The molecule has 0 radical (unpaired) electrons. The molecule has 0 bridgehead atoms.